The molecular formula is C15H17ClF2N2S. The average molecular weight is 331 g/mol. The fourth-order valence-corrected chi connectivity index (χ4v) is 3.51. The van der Waals surface area contributed by atoms with Crippen molar-refractivity contribution in [2.45, 2.75) is 6.04 Å². The Labute approximate surface area is 133 Å². The molecule has 0 aliphatic carbocycles. The first-order valence-electron chi connectivity index (χ1n) is 6.69. The Hall–Kier alpha value is -1.01. The molecule has 0 bridgehead atoms. The van der Waals surface area contributed by atoms with E-state index in [9.17, 15) is 8.78 Å². The van der Waals surface area contributed by atoms with Gasteiger partial charge in [0.05, 0.1) is 6.04 Å². The second kappa shape index (κ2) is 7.31. The number of thiophene rings is 1. The number of halogens is 3. The smallest absolute Gasteiger partial charge is 0.159 e. The van der Waals surface area contributed by atoms with E-state index < -0.39 is 11.6 Å². The zero-order valence-electron chi connectivity index (χ0n) is 11.4. The van der Waals surface area contributed by atoms with Crippen LogP contribution in [0.1, 0.15) is 16.5 Å². The highest BCUT2D eigenvalue weighted by Crippen LogP contribution is 2.32. The van der Waals surface area contributed by atoms with E-state index >= 15 is 0 Å². The molecule has 114 valence electrons. The predicted octanol–water partition coefficient (Wildman–Crippen LogP) is 3.44. The van der Waals surface area contributed by atoms with E-state index in [1.54, 1.807) is 17.4 Å². The maximum absolute atomic E-state index is 13.5. The predicted molar refractivity (Wildman–Crippen MR) is 84.2 cm³/mol. The highest BCUT2D eigenvalue weighted by molar-refractivity contribution is 7.10. The SMILES string of the molecule is Cl.Fc1ccc([C@@H](c2cccs2)N2CCNCC2)cc1F. The molecule has 1 aromatic carbocycles. The lowest BCUT2D eigenvalue weighted by molar-refractivity contribution is 0.200. The first-order chi connectivity index (χ1) is 9.75. The fraction of sp³-hybridized carbons (Fsp3) is 0.333. The molecule has 0 saturated carbocycles. The van der Waals surface area contributed by atoms with Gasteiger partial charge in [-0.05, 0) is 29.1 Å². The molecule has 1 aliphatic rings. The van der Waals surface area contributed by atoms with Gasteiger partial charge in [0.2, 0.25) is 0 Å². The van der Waals surface area contributed by atoms with Gasteiger partial charge >= 0.3 is 0 Å². The summed E-state index contributed by atoms with van der Waals surface area (Å²) in [5, 5.41) is 5.33. The van der Waals surface area contributed by atoms with E-state index in [1.165, 1.54) is 12.1 Å². The molecule has 0 unspecified atom stereocenters. The van der Waals surface area contributed by atoms with Gasteiger partial charge in [-0.1, -0.05) is 12.1 Å². The third kappa shape index (κ3) is 3.61. The van der Waals surface area contributed by atoms with Crippen molar-refractivity contribution in [1.29, 1.82) is 0 Å². The van der Waals surface area contributed by atoms with E-state index in [1.807, 2.05) is 11.4 Å². The summed E-state index contributed by atoms with van der Waals surface area (Å²) < 4.78 is 26.7. The molecule has 6 heteroatoms. The lowest BCUT2D eigenvalue weighted by Crippen LogP contribution is -2.45. The summed E-state index contributed by atoms with van der Waals surface area (Å²) in [5.41, 5.74) is 0.813. The van der Waals surface area contributed by atoms with Crippen LogP contribution < -0.4 is 5.32 Å². The fourth-order valence-electron chi connectivity index (χ4n) is 2.62. The van der Waals surface area contributed by atoms with Crippen molar-refractivity contribution in [3.05, 3.63) is 57.8 Å². The van der Waals surface area contributed by atoms with Gasteiger partial charge in [0.25, 0.3) is 0 Å². The van der Waals surface area contributed by atoms with E-state index in [2.05, 4.69) is 16.3 Å². The minimum absolute atomic E-state index is 0. The van der Waals surface area contributed by atoms with Crippen LogP contribution in [0.15, 0.2) is 35.7 Å². The van der Waals surface area contributed by atoms with Crippen molar-refractivity contribution in [1.82, 2.24) is 10.2 Å². The number of hydrogen-bond acceptors (Lipinski definition) is 3. The Morgan fingerprint density at radius 1 is 1.10 bits per heavy atom. The van der Waals surface area contributed by atoms with Crippen LogP contribution in [0.3, 0.4) is 0 Å². The number of nitrogens with zero attached hydrogens (tertiary/aromatic N) is 1. The Morgan fingerprint density at radius 2 is 1.86 bits per heavy atom. The molecule has 2 aromatic rings. The third-order valence-corrected chi connectivity index (χ3v) is 4.51. The lowest BCUT2D eigenvalue weighted by atomic mass is 10.0. The first-order valence-corrected chi connectivity index (χ1v) is 7.57. The summed E-state index contributed by atoms with van der Waals surface area (Å²) in [6.07, 6.45) is 0. The minimum atomic E-state index is -0.793. The quantitative estimate of drug-likeness (QED) is 0.927. The van der Waals surface area contributed by atoms with Crippen LogP contribution >= 0.6 is 23.7 Å². The minimum Gasteiger partial charge on any atom is -0.314 e. The summed E-state index contributed by atoms with van der Waals surface area (Å²) in [6, 6.07) is 8.28. The van der Waals surface area contributed by atoms with Crippen LogP contribution in [-0.4, -0.2) is 31.1 Å². The van der Waals surface area contributed by atoms with Gasteiger partial charge in [-0.3, -0.25) is 4.90 Å². The zero-order chi connectivity index (χ0) is 13.9. The van der Waals surface area contributed by atoms with Gasteiger partial charge < -0.3 is 5.32 Å². The van der Waals surface area contributed by atoms with Crippen molar-refractivity contribution < 1.29 is 8.78 Å². The largest absolute Gasteiger partial charge is 0.314 e. The van der Waals surface area contributed by atoms with Gasteiger partial charge in [-0.2, -0.15) is 0 Å². The summed E-state index contributed by atoms with van der Waals surface area (Å²) in [6.45, 7) is 3.65. The third-order valence-electron chi connectivity index (χ3n) is 3.59. The van der Waals surface area contributed by atoms with Gasteiger partial charge in [0.15, 0.2) is 11.6 Å². The molecule has 1 aliphatic heterocycles. The Bertz CT molecular complexity index is 571. The van der Waals surface area contributed by atoms with Crippen molar-refractivity contribution in [2.24, 2.45) is 0 Å². The Balaban J connectivity index is 0.00000161. The van der Waals surface area contributed by atoms with E-state index in [4.69, 9.17) is 0 Å². The summed E-state index contributed by atoms with van der Waals surface area (Å²) in [7, 11) is 0. The number of piperazine rings is 1. The van der Waals surface area contributed by atoms with E-state index in [0.717, 1.165) is 36.6 Å². The van der Waals surface area contributed by atoms with E-state index in [-0.39, 0.29) is 18.4 Å². The average Bonchev–Trinajstić information content (AvgIpc) is 2.98. The molecule has 0 radical (unpaired) electrons. The molecule has 3 rings (SSSR count). The lowest BCUT2D eigenvalue weighted by Gasteiger charge is -2.34. The van der Waals surface area contributed by atoms with Crippen LogP contribution in [0.4, 0.5) is 8.78 Å². The topological polar surface area (TPSA) is 15.3 Å². The number of benzene rings is 1. The van der Waals surface area contributed by atoms with Crippen LogP contribution in [0.5, 0.6) is 0 Å². The van der Waals surface area contributed by atoms with Crippen molar-refractivity contribution in [3.63, 3.8) is 0 Å². The van der Waals surface area contributed by atoms with E-state index in [0.29, 0.717) is 0 Å². The second-order valence-corrected chi connectivity index (χ2v) is 5.86. The van der Waals surface area contributed by atoms with Crippen molar-refractivity contribution >= 4 is 23.7 Å². The van der Waals surface area contributed by atoms with Gasteiger partial charge in [0.1, 0.15) is 0 Å². The Morgan fingerprint density at radius 3 is 2.48 bits per heavy atom. The molecule has 2 nitrogen and oxygen atoms in total. The van der Waals surface area contributed by atoms with Gasteiger partial charge in [-0.25, -0.2) is 8.78 Å². The highest BCUT2D eigenvalue weighted by atomic mass is 35.5. The number of rotatable bonds is 3. The molecule has 1 saturated heterocycles. The molecule has 21 heavy (non-hydrogen) atoms. The van der Waals surface area contributed by atoms with Crippen molar-refractivity contribution in [3.8, 4) is 0 Å². The molecule has 1 fully saturated rings. The van der Waals surface area contributed by atoms with Crippen molar-refractivity contribution in [2.75, 3.05) is 26.2 Å². The van der Waals surface area contributed by atoms with Crippen LogP contribution in [0.25, 0.3) is 0 Å². The molecule has 0 amide bonds. The molecule has 1 aromatic heterocycles. The van der Waals surface area contributed by atoms with Crippen LogP contribution in [-0.2, 0) is 0 Å². The highest BCUT2D eigenvalue weighted by Gasteiger charge is 2.25. The summed E-state index contributed by atoms with van der Waals surface area (Å²) >= 11 is 1.65. The molecule has 1 N–H and O–H groups in total. The second-order valence-electron chi connectivity index (χ2n) is 4.88. The summed E-state index contributed by atoms with van der Waals surface area (Å²) in [5.74, 6) is -1.57. The maximum atomic E-state index is 13.5. The normalized spacial score (nSPS) is 17.2. The molecule has 0 spiro atoms. The maximum Gasteiger partial charge on any atom is 0.159 e. The number of nitrogens with one attached hydrogen (secondary N) is 1. The summed E-state index contributed by atoms with van der Waals surface area (Å²) in [4.78, 5) is 3.48. The monoisotopic (exact) mass is 330 g/mol. The van der Waals surface area contributed by atoms with Crippen LogP contribution in [0, 0.1) is 11.6 Å². The van der Waals surface area contributed by atoms with Gasteiger partial charge in [-0.15, -0.1) is 23.7 Å². The first kappa shape index (κ1) is 16.4. The number of hydrogen-bond donors (Lipinski definition) is 1. The standard InChI is InChI=1S/C15H16F2N2S.ClH/c16-12-4-3-11(10-13(12)17)15(14-2-1-9-20-14)19-7-5-18-6-8-19;/h1-4,9-10,15,18H,5-8H2;1H/t15-;/m0./s1. The molecule has 1 atom stereocenters. The molecular weight excluding hydrogens is 314 g/mol. The van der Waals surface area contributed by atoms with Crippen LogP contribution in [0.2, 0.25) is 0 Å². The van der Waals surface area contributed by atoms with Gasteiger partial charge in [0, 0.05) is 31.1 Å². The Kier molecular flexibility index (Phi) is 5.70. The molecule has 2 heterocycles. The zero-order valence-corrected chi connectivity index (χ0v) is 13.0.